The largest absolute Gasteiger partial charge is 0.489 e. The molecule has 0 aliphatic rings. The van der Waals surface area contributed by atoms with Crippen LogP contribution in [0.5, 0.6) is 5.75 Å². The first-order valence-corrected chi connectivity index (χ1v) is 10.4. The number of carboxylic acid groups (broad SMARTS) is 1. The van der Waals surface area contributed by atoms with Crippen molar-refractivity contribution in [1.29, 1.82) is 0 Å². The third kappa shape index (κ3) is 5.02. The second-order valence-electron chi connectivity index (χ2n) is 7.72. The SMILES string of the molecule is O=C(O)Cc1ccc(COc2cccc(-c3c(CO)cnc4c(C(F)(F)F)cccc34)c2)cc1. The highest BCUT2D eigenvalue weighted by Crippen LogP contribution is 2.39. The van der Waals surface area contributed by atoms with Crippen LogP contribution in [0.15, 0.2) is 72.9 Å². The number of hydrogen-bond acceptors (Lipinski definition) is 4. The summed E-state index contributed by atoms with van der Waals surface area (Å²) in [5, 5.41) is 19.0. The van der Waals surface area contributed by atoms with Gasteiger partial charge in [-0.05, 0) is 40.5 Å². The summed E-state index contributed by atoms with van der Waals surface area (Å²) in [4.78, 5) is 14.8. The van der Waals surface area contributed by atoms with Gasteiger partial charge in [0.25, 0.3) is 0 Å². The Labute approximate surface area is 193 Å². The minimum absolute atomic E-state index is 0.0632. The molecule has 0 spiro atoms. The standard InChI is InChI=1S/C26H20F3NO4/c27-26(28,29)22-6-2-5-21-24(19(14-31)13-30-25(21)22)18-3-1-4-20(12-18)34-15-17-9-7-16(8-10-17)11-23(32)33/h1-10,12-13,31H,11,14-15H2,(H,32,33). The van der Waals surface area contributed by atoms with Gasteiger partial charge in [0.1, 0.15) is 12.4 Å². The smallest absolute Gasteiger partial charge is 0.418 e. The third-order valence-electron chi connectivity index (χ3n) is 5.36. The number of aliphatic hydroxyl groups is 1. The number of benzene rings is 3. The first-order valence-electron chi connectivity index (χ1n) is 10.4. The van der Waals surface area contributed by atoms with Crippen LogP contribution in [0.4, 0.5) is 13.2 Å². The number of carbonyl (C=O) groups is 1. The van der Waals surface area contributed by atoms with Gasteiger partial charge < -0.3 is 14.9 Å². The van der Waals surface area contributed by atoms with E-state index in [1.54, 1.807) is 54.6 Å². The molecule has 0 aliphatic heterocycles. The molecule has 2 N–H and O–H groups in total. The van der Waals surface area contributed by atoms with E-state index in [9.17, 15) is 23.1 Å². The monoisotopic (exact) mass is 467 g/mol. The Balaban J connectivity index is 1.66. The molecule has 4 aromatic rings. The van der Waals surface area contributed by atoms with E-state index in [4.69, 9.17) is 9.84 Å². The number of aliphatic hydroxyl groups excluding tert-OH is 1. The number of pyridine rings is 1. The van der Waals surface area contributed by atoms with Crippen molar-refractivity contribution in [3.63, 3.8) is 0 Å². The van der Waals surface area contributed by atoms with Crippen molar-refractivity contribution in [2.75, 3.05) is 0 Å². The molecule has 0 amide bonds. The lowest BCUT2D eigenvalue weighted by Crippen LogP contribution is -2.07. The summed E-state index contributed by atoms with van der Waals surface area (Å²) in [6, 6.07) is 17.8. The number of carboxylic acids is 1. The molecule has 1 heterocycles. The Bertz CT molecular complexity index is 1330. The third-order valence-corrected chi connectivity index (χ3v) is 5.36. The van der Waals surface area contributed by atoms with Crippen LogP contribution in [-0.4, -0.2) is 21.2 Å². The summed E-state index contributed by atoms with van der Waals surface area (Å²) < 4.78 is 46.4. The van der Waals surface area contributed by atoms with Crippen LogP contribution < -0.4 is 4.74 Å². The minimum Gasteiger partial charge on any atom is -0.489 e. The number of rotatable bonds is 7. The summed E-state index contributed by atoms with van der Waals surface area (Å²) in [6.07, 6.45) is -3.36. The van der Waals surface area contributed by atoms with Gasteiger partial charge in [0.05, 0.1) is 24.1 Å². The van der Waals surface area contributed by atoms with Gasteiger partial charge in [-0.3, -0.25) is 9.78 Å². The van der Waals surface area contributed by atoms with Crippen LogP contribution in [0.2, 0.25) is 0 Å². The molecule has 0 atom stereocenters. The summed E-state index contributed by atoms with van der Waals surface area (Å²) in [5.74, 6) is -0.415. The fourth-order valence-electron chi connectivity index (χ4n) is 3.79. The maximum Gasteiger partial charge on any atom is 0.418 e. The predicted molar refractivity (Wildman–Crippen MR) is 120 cm³/mol. The van der Waals surface area contributed by atoms with E-state index in [2.05, 4.69) is 4.98 Å². The van der Waals surface area contributed by atoms with Crippen molar-refractivity contribution in [3.05, 3.63) is 95.2 Å². The number of halogens is 3. The molecule has 1 aromatic heterocycles. The molecule has 0 unspecified atom stereocenters. The predicted octanol–water partition coefficient (Wildman–Crippen LogP) is 5.62. The van der Waals surface area contributed by atoms with E-state index in [0.29, 0.717) is 28.0 Å². The molecule has 0 saturated heterocycles. The molecule has 174 valence electrons. The zero-order chi connectivity index (χ0) is 24.3. The van der Waals surface area contributed by atoms with E-state index in [1.165, 1.54) is 12.3 Å². The van der Waals surface area contributed by atoms with Crippen molar-refractivity contribution < 1.29 is 32.9 Å². The second kappa shape index (κ2) is 9.52. The topological polar surface area (TPSA) is 79.7 Å². The molecule has 0 bridgehead atoms. The van der Waals surface area contributed by atoms with E-state index >= 15 is 0 Å². The molecule has 4 rings (SSSR count). The lowest BCUT2D eigenvalue weighted by molar-refractivity contribution is -0.137. The van der Waals surface area contributed by atoms with Crippen molar-refractivity contribution in [2.45, 2.75) is 25.8 Å². The number of para-hydroxylation sites is 1. The fraction of sp³-hybridized carbons (Fsp3) is 0.154. The zero-order valence-corrected chi connectivity index (χ0v) is 17.8. The molecule has 0 saturated carbocycles. The van der Waals surface area contributed by atoms with Gasteiger partial charge in [0.2, 0.25) is 0 Å². The molecule has 34 heavy (non-hydrogen) atoms. The summed E-state index contributed by atoms with van der Waals surface area (Å²) in [5.41, 5.74) is 1.94. The van der Waals surface area contributed by atoms with Crippen LogP contribution in [0.1, 0.15) is 22.3 Å². The maximum atomic E-state index is 13.5. The van der Waals surface area contributed by atoms with E-state index < -0.39 is 17.7 Å². The quantitative estimate of drug-likeness (QED) is 0.369. The number of hydrogen-bond donors (Lipinski definition) is 2. The summed E-state index contributed by atoms with van der Waals surface area (Å²) >= 11 is 0. The average molecular weight is 467 g/mol. The summed E-state index contributed by atoms with van der Waals surface area (Å²) in [6.45, 7) is -0.165. The Morgan fingerprint density at radius 2 is 1.68 bits per heavy atom. The number of aliphatic carboxylic acids is 1. The van der Waals surface area contributed by atoms with Gasteiger partial charge in [-0.1, -0.05) is 48.5 Å². The van der Waals surface area contributed by atoms with Crippen LogP contribution in [0.3, 0.4) is 0 Å². The Morgan fingerprint density at radius 1 is 0.971 bits per heavy atom. The average Bonchev–Trinajstić information content (AvgIpc) is 2.81. The minimum atomic E-state index is -4.56. The van der Waals surface area contributed by atoms with Crippen LogP contribution in [0.25, 0.3) is 22.0 Å². The molecule has 8 heteroatoms. The highest BCUT2D eigenvalue weighted by atomic mass is 19.4. The molecule has 0 fully saturated rings. The Hall–Kier alpha value is -3.91. The van der Waals surface area contributed by atoms with Gasteiger partial charge in [-0.2, -0.15) is 13.2 Å². The zero-order valence-electron chi connectivity index (χ0n) is 17.8. The van der Waals surface area contributed by atoms with Crippen LogP contribution >= 0.6 is 0 Å². The molecular weight excluding hydrogens is 447 g/mol. The van der Waals surface area contributed by atoms with Gasteiger partial charge in [0, 0.05) is 17.1 Å². The molecule has 5 nitrogen and oxygen atoms in total. The highest BCUT2D eigenvalue weighted by molar-refractivity contribution is 5.97. The number of ether oxygens (including phenoxy) is 1. The maximum absolute atomic E-state index is 13.5. The van der Waals surface area contributed by atoms with Gasteiger partial charge in [0.15, 0.2) is 0 Å². The fourth-order valence-corrected chi connectivity index (χ4v) is 3.79. The first kappa shape index (κ1) is 23.3. The summed E-state index contributed by atoms with van der Waals surface area (Å²) in [7, 11) is 0. The highest BCUT2D eigenvalue weighted by Gasteiger charge is 2.33. The first-order chi connectivity index (χ1) is 16.3. The van der Waals surface area contributed by atoms with Gasteiger partial charge >= 0.3 is 12.1 Å². The van der Waals surface area contributed by atoms with E-state index in [0.717, 1.165) is 11.6 Å². The molecular formula is C26H20F3NO4. The van der Waals surface area contributed by atoms with Gasteiger partial charge in [-0.25, -0.2) is 0 Å². The molecule has 0 radical (unpaired) electrons. The number of nitrogens with zero attached hydrogens (tertiary/aromatic N) is 1. The van der Waals surface area contributed by atoms with Crippen molar-refractivity contribution in [2.24, 2.45) is 0 Å². The lowest BCUT2D eigenvalue weighted by atomic mass is 9.95. The molecule has 0 aliphatic carbocycles. The van der Waals surface area contributed by atoms with Crippen LogP contribution in [-0.2, 0) is 30.6 Å². The van der Waals surface area contributed by atoms with Crippen molar-refractivity contribution in [3.8, 4) is 16.9 Å². The molecule has 3 aromatic carbocycles. The normalized spacial score (nSPS) is 11.5. The lowest BCUT2D eigenvalue weighted by Gasteiger charge is -2.16. The van der Waals surface area contributed by atoms with E-state index in [-0.39, 0.29) is 30.5 Å². The van der Waals surface area contributed by atoms with Crippen molar-refractivity contribution >= 4 is 16.9 Å². The van der Waals surface area contributed by atoms with Gasteiger partial charge in [-0.15, -0.1) is 0 Å². The Kier molecular flexibility index (Phi) is 6.51. The van der Waals surface area contributed by atoms with Crippen LogP contribution in [0, 0.1) is 0 Å². The number of alkyl halides is 3. The Morgan fingerprint density at radius 3 is 2.35 bits per heavy atom. The number of fused-ring (bicyclic) bond motifs is 1. The van der Waals surface area contributed by atoms with Crippen molar-refractivity contribution in [1.82, 2.24) is 4.98 Å². The van der Waals surface area contributed by atoms with E-state index in [1.807, 2.05) is 0 Å². The number of aromatic nitrogens is 1. The second-order valence-corrected chi connectivity index (χ2v) is 7.72.